The van der Waals surface area contributed by atoms with E-state index in [1.807, 2.05) is 18.2 Å². The minimum Gasteiger partial charge on any atom is -0.493 e. The summed E-state index contributed by atoms with van der Waals surface area (Å²) >= 11 is 0. The summed E-state index contributed by atoms with van der Waals surface area (Å²) in [5.41, 5.74) is 0.199. The van der Waals surface area contributed by atoms with Gasteiger partial charge in [0, 0.05) is 0 Å². The SMILES string of the molecule is COc1cc(C(=O)OCC(=O)NCC2COc3ccccc3O2)cc2c1OCCO2. The lowest BCUT2D eigenvalue weighted by Gasteiger charge is -2.26. The molecule has 0 saturated carbocycles. The predicted octanol–water partition coefficient (Wildman–Crippen LogP) is 1.58. The number of esters is 1. The maximum Gasteiger partial charge on any atom is 0.338 e. The minimum absolute atomic E-state index is 0.199. The Kier molecular flexibility index (Phi) is 5.78. The molecule has 9 nitrogen and oxygen atoms in total. The summed E-state index contributed by atoms with van der Waals surface area (Å²) in [5.74, 6) is 1.37. The van der Waals surface area contributed by atoms with Gasteiger partial charge in [0.2, 0.25) is 5.75 Å². The highest BCUT2D eigenvalue weighted by Gasteiger charge is 2.23. The molecule has 0 saturated heterocycles. The fraction of sp³-hybridized carbons (Fsp3) is 0.333. The zero-order valence-corrected chi connectivity index (χ0v) is 16.3. The molecule has 9 heteroatoms. The zero-order valence-electron chi connectivity index (χ0n) is 16.3. The second-order valence-electron chi connectivity index (χ2n) is 6.58. The number of carbonyl (C=O) groups excluding carboxylic acids is 2. The first kappa shape index (κ1) is 19.7. The first-order valence-electron chi connectivity index (χ1n) is 9.44. The van der Waals surface area contributed by atoms with E-state index in [-0.39, 0.29) is 18.2 Å². The molecule has 0 radical (unpaired) electrons. The van der Waals surface area contributed by atoms with E-state index in [0.717, 1.165) is 0 Å². The number of methoxy groups -OCH3 is 1. The van der Waals surface area contributed by atoms with Gasteiger partial charge in [-0.15, -0.1) is 0 Å². The van der Waals surface area contributed by atoms with Crippen LogP contribution in [0.25, 0.3) is 0 Å². The number of carbonyl (C=O) groups is 2. The number of benzene rings is 2. The standard InChI is InChI=1S/C21H21NO8/c1-25-17-8-13(9-18-20(17)27-7-6-26-18)21(24)29-12-19(23)22-10-14-11-28-15-4-2-3-5-16(15)30-14/h2-5,8-9,14H,6-7,10-12H2,1H3,(H,22,23). The van der Waals surface area contributed by atoms with E-state index in [0.29, 0.717) is 48.6 Å². The number of para-hydroxylation sites is 2. The van der Waals surface area contributed by atoms with Crippen LogP contribution < -0.4 is 29.0 Å². The van der Waals surface area contributed by atoms with Crippen LogP contribution in [0.3, 0.4) is 0 Å². The van der Waals surface area contributed by atoms with Crippen LogP contribution in [0, 0.1) is 0 Å². The average molecular weight is 415 g/mol. The van der Waals surface area contributed by atoms with Crippen molar-refractivity contribution in [3.63, 3.8) is 0 Å². The molecule has 2 aliphatic heterocycles. The van der Waals surface area contributed by atoms with E-state index in [4.69, 9.17) is 28.4 Å². The summed E-state index contributed by atoms with van der Waals surface area (Å²) in [6.07, 6.45) is -0.332. The van der Waals surface area contributed by atoms with Crippen LogP contribution >= 0.6 is 0 Å². The van der Waals surface area contributed by atoms with E-state index in [1.165, 1.54) is 19.2 Å². The molecule has 0 fully saturated rings. The molecule has 0 bridgehead atoms. The predicted molar refractivity (Wildman–Crippen MR) is 104 cm³/mol. The quantitative estimate of drug-likeness (QED) is 0.710. The van der Waals surface area contributed by atoms with Crippen molar-refractivity contribution in [3.05, 3.63) is 42.0 Å². The van der Waals surface area contributed by atoms with Gasteiger partial charge in [-0.3, -0.25) is 4.79 Å². The maximum atomic E-state index is 12.3. The van der Waals surface area contributed by atoms with Gasteiger partial charge < -0.3 is 33.7 Å². The van der Waals surface area contributed by atoms with Gasteiger partial charge in [0.1, 0.15) is 25.9 Å². The van der Waals surface area contributed by atoms with Crippen LogP contribution in [-0.2, 0) is 9.53 Å². The normalized spacial score (nSPS) is 16.4. The largest absolute Gasteiger partial charge is 0.493 e. The van der Waals surface area contributed by atoms with Crippen molar-refractivity contribution in [2.24, 2.45) is 0 Å². The van der Waals surface area contributed by atoms with Gasteiger partial charge in [-0.1, -0.05) is 12.1 Å². The van der Waals surface area contributed by atoms with Crippen LogP contribution in [0.1, 0.15) is 10.4 Å². The van der Waals surface area contributed by atoms with E-state index < -0.39 is 18.5 Å². The van der Waals surface area contributed by atoms with Gasteiger partial charge in [0.15, 0.2) is 29.6 Å². The summed E-state index contributed by atoms with van der Waals surface area (Å²) in [6, 6.07) is 10.3. The highest BCUT2D eigenvalue weighted by Crippen LogP contribution is 2.40. The first-order valence-corrected chi connectivity index (χ1v) is 9.44. The van der Waals surface area contributed by atoms with Crippen LogP contribution in [0.2, 0.25) is 0 Å². The molecule has 1 unspecified atom stereocenters. The molecule has 4 rings (SSSR count). The van der Waals surface area contributed by atoms with Gasteiger partial charge in [-0.05, 0) is 24.3 Å². The van der Waals surface area contributed by atoms with Crippen molar-refractivity contribution in [2.75, 3.05) is 40.1 Å². The smallest absolute Gasteiger partial charge is 0.338 e. The van der Waals surface area contributed by atoms with Crippen LogP contribution in [-0.4, -0.2) is 58.1 Å². The van der Waals surface area contributed by atoms with Crippen molar-refractivity contribution < 1.29 is 38.0 Å². The summed E-state index contributed by atoms with van der Waals surface area (Å²) in [4.78, 5) is 24.4. The number of nitrogens with one attached hydrogen (secondary N) is 1. The molecule has 2 aromatic rings. The van der Waals surface area contributed by atoms with Crippen LogP contribution in [0.5, 0.6) is 28.7 Å². The maximum absolute atomic E-state index is 12.3. The van der Waals surface area contributed by atoms with Crippen molar-refractivity contribution in [2.45, 2.75) is 6.10 Å². The van der Waals surface area contributed by atoms with Crippen molar-refractivity contribution in [3.8, 4) is 28.7 Å². The molecular formula is C21H21NO8. The van der Waals surface area contributed by atoms with Crippen LogP contribution in [0.4, 0.5) is 0 Å². The summed E-state index contributed by atoms with van der Waals surface area (Å²) in [5, 5.41) is 2.67. The lowest BCUT2D eigenvalue weighted by molar-refractivity contribution is -0.124. The lowest BCUT2D eigenvalue weighted by Crippen LogP contribution is -2.42. The van der Waals surface area contributed by atoms with Crippen LogP contribution in [0.15, 0.2) is 36.4 Å². The third kappa shape index (κ3) is 4.35. The van der Waals surface area contributed by atoms with E-state index in [9.17, 15) is 9.59 Å². The van der Waals surface area contributed by atoms with E-state index in [2.05, 4.69) is 5.32 Å². The molecule has 0 aromatic heterocycles. The molecule has 30 heavy (non-hydrogen) atoms. The second-order valence-corrected chi connectivity index (χ2v) is 6.58. The Morgan fingerprint density at radius 1 is 1.07 bits per heavy atom. The molecule has 0 aliphatic carbocycles. The average Bonchev–Trinajstić information content (AvgIpc) is 2.80. The van der Waals surface area contributed by atoms with E-state index >= 15 is 0 Å². The van der Waals surface area contributed by atoms with Crippen molar-refractivity contribution in [1.29, 1.82) is 0 Å². The third-order valence-corrected chi connectivity index (χ3v) is 4.49. The van der Waals surface area contributed by atoms with Gasteiger partial charge >= 0.3 is 5.97 Å². The molecule has 1 N–H and O–H groups in total. The lowest BCUT2D eigenvalue weighted by atomic mass is 10.1. The Balaban J connectivity index is 1.28. The first-order chi connectivity index (χ1) is 14.6. The van der Waals surface area contributed by atoms with E-state index in [1.54, 1.807) is 6.07 Å². The second kappa shape index (κ2) is 8.81. The Labute approximate surface area is 172 Å². The Morgan fingerprint density at radius 2 is 1.87 bits per heavy atom. The van der Waals surface area contributed by atoms with Gasteiger partial charge in [0.25, 0.3) is 5.91 Å². The number of ether oxygens (including phenoxy) is 6. The Morgan fingerprint density at radius 3 is 2.70 bits per heavy atom. The van der Waals surface area contributed by atoms with Gasteiger partial charge in [0.05, 0.1) is 19.2 Å². The minimum atomic E-state index is -0.674. The molecular weight excluding hydrogens is 394 g/mol. The topological polar surface area (TPSA) is 102 Å². The van der Waals surface area contributed by atoms with Crippen molar-refractivity contribution in [1.82, 2.24) is 5.32 Å². The Hall–Kier alpha value is -3.62. The molecule has 158 valence electrons. The number of hydrogen-bond donors (Lipinski definition) is 1. The molecule has 1 atom stereocenters. The molecule has 2 aliphatic rings. The zero-order chi connectivity index (χ0) is 20.9. The molecule has 0 spiro atoms. The third-order valence-electron chi connectivity index (χ3n) is 4.49. The fourth-order valence-corrected chi connectivity index (χ4v) is 3.05. The number of rotatable bonds is 6. The molecule has 1 amide bonds. The number of hydrogen-bond acceptors (Lipinski definition) is 8. The number of amides is 1. The fourth-order valence-electron chi connectivity index (χ4n) is 3.05. The van der Waals surface area contributed by atoms with Gasteiger partial charge in [-0.2, -0.15) is 0 Å². The molecule has 2 aromatic carbocycles. The monoisotopic (exact) mass is 415 g/mol. The Bertz CT molecular complexity index is 927. The molecule has 2 heterocycles. The number of fused-ring (bicyclic) bond motifs is 2. The summed E-state index contributed by atoms with van der Waals surface area (Å²) < 4.78 is 32.7. The van der Waals surface area contributed by atoms with Crippen molar-refractivity contribution >= 4 is 11.9 Å². The highest BCUT2D eigenvalue weighted by atomic mass is 16.6. The van der Waals surface area contributed by atoms with Gasteiger partial charge in [-0.25, -0.2) is 4.79 Å². The summed E-state index contributed by atoms with van der Waals surface area (Å²) in [7, 11) is 1.46. The highest BCUT2D eigenvalue weighted by molar-refractivity contribution is 5.92. The summed E-state index contributed by atoms with van der Waals surface area (Å²) in [6.45, 7) is 0.875.